The van der Waals surface area contributed by atoms with E-state index in [9.17, 15) is 9.59 Å². The third kappa shape index (κ3) is 4.73. The largest absolute Gasteiger partial charge is 0.497 e. The highest BCUT2D eigenvalue weighted by atomic mass is 16.5. The van der Waals surface area contributed by atoms with Gasteiger partial charge in [-0.05, 0) is 47.9 Å². The maximum atomic E-state index is 12.4. The summed E-state index contributed by atoms with van der Waals surface area (Å²) in [6, 6.07) is 16.4. The van der Waals surface area contributed by atoms with Crippen LogP contribution in [0.5, 0.6) is 5.75 Å². The molecule has 0 saturated carbocycles. The second-order valence-corrected chi connectivity index (χ2v) is 6.26. The number of carbonyl (C=O) groups excluding carboxylic acids is 2. The lowest BCUT2D eigenvalue weighted by atomic mass is 10.0. The van der Waals surface area contributed by atoms with E-state index >= 15 is 0 Å². The molecule has 0 atom stereocenters. The number of primary amides is 1. The highest BCUT2D eigenvalue weighted by molar-refractivity contribution is 5.95. The van der Waals surface area contributed by atoms with Crippen LogP contribution in [0.25, 0.3) is 11.1 Å². The maximum Gasteiger partial charge on any atom is 0.252 e. The summed E-state index contributed by atoms with van der Waals surface area (Å²) in [4.78, 5) is 27.8. The van der Waals surface area contributed by atoms with Crippen LogP contribution in [-0.4, -0.2) is 30.5 Å². The molecule has 3 N–H and O–H groups in total. The molecule has 6 heteroatoms. The van der Waals surface area contributed by atoms with Gasteiger partial charge < -0.3 is 15.8 Å². The molecule has 3 rings (SSSR count). The standard InChI is InChI=1S/C22H21N3O3/c1-28-20-8-2-15(3-9-20)10-11-25-22(27)19-12-18(13-24-14-19)16-4-6-17(7-5-16)21(23)26/h2-9,12-14H,10-11H2,1H3,(H2,23,26)(H,25,27). The summed E-state index contributed by atoms with van der Waals surface area (Å²) in [7, 11) is 1.63. The molecule has 0 aliphatic heterocycles. The Kier molecular flexibility index (Phi) is 6.01. The number of hydrogen-bond donors (Lipinski definition) is 2. The van der Waals surface area contributed by atoms with Gasteiger partial charge in [0.05, 0.1) is 12.7 Å². The summed E-state index contributed by atoms with van der Waals surface area (Å²) >= 11 is 0. The molecule has 0 unspecified atom stereocenters. The number of amides is 2. The zero-order valence-corrected chi connectivity index (χ0v) is 15.5. The van der Waals surface area contributed by atoms with Crippen molar-refractivity contribution in [1.82, 2.24) is 10.3 Å². The smallest absolute Gasteiger partial charge is 0.252 e. The molecule has 0 bridgehead atoms. The van der Waals surface area contributed by atoms with E-state index in [1.54, 1.807) is 43.6 Å². The molecule has 0 aliphatic rings. The molecular weight excluding hydrogens is 354 g/mol. The van der Waals surface area contributed by atoms with Gasteiger partial charge in [0.1, 0.15) is 5.75 Å². The lowest BCUT2D eigenvalue weighted by Gasteiger charge is -2.08. The van der Waals surface area contributed by atoms with Gasteiger partial charge in [0.2, 0.25) is 5.91 Å². The summed E-state index contributed by atoms with van der Waals surface area (Å²) in [5.74, 6) is 0.144. The van der Waals surface area contributed by atoms with Gasteiger partial charge in [-0.15, -0.1) is 0 Å². The number of carbonyl (C=O) groups is 2. The number of nitrogens with two attached hydrogens (primary N) is 1. The zero-order chi connectivity index (χ0) is 19.9. The number of benzene rings is 2. The average Bonchev–Trinajstić information content (AvgIpc) is 2.74. The third-order valence-electron chi connectivity index (χ3n) is 4.36. The van der Waals surface area contributed by atoms with Gasteiger partial charge >= 0.3 is 0 Å². The Hall–Kier alpha value is -3.67. The summed E-state index contributed by atoms with van der Waals surface area (Å²) in [5, 5.41) is 2.91. The van der Waals surface area contributed by atoms with Crippen LogP contribution in [0.1, 0.15) is 26.3 Å². The molecular formula is C22H21N3O3. The van der Waals surface area contributed by atoms with Crippen molar-refractivity contribution in [3.05, 3.63) is 83.7 Å². The maximum absolute atomic E-state index is 12.4. The molecule has 0 spiro atoms. The fourth-order valence-electron chi connectivity index (χ4n) is 2.76. The molecule has 0 radical (unpaired) electrons. The Bertz CT molecular complexity index is 967. The van der Waals surface area contributed by atoms with Crippen LogP contribution in [0.2, 0.25) is 0 Å². The summed E-state index contributed by atoms with van der Waals surface area (Å²) < 4.78 is 5.14. The number of nitrogens with zero attached hydrogens (tertiary/aromatic N) is 1. The Labute approximate surface area is 163 Å². The van der Waals surface area contributed by atoms with Gasteiger partial charge in [-0.25, -0.2) is 0 Å². The number of ether oxygens (including phenoxy) is 1. The molecule has 28 heavy (non-hydrogen) atoms. The second kappa shape index (κ2) is 8.81. The van der Waals surface area contributed by atoms with Crippen LogP contribution >= 0.6 is 0 Å². The minimum Gasteiger partial charge on any atom is -0.497 e. The van der Waals surface area contributed by atoms with Crippen LogP contribution in [0, 0.1) is 0 Å². The van der Waals surface area contributed by atoms with E-state index in [-0.39, 0.29) is 5.91 Å². The number of aromatic nitrogens is 1. The number of methoxy groups -OCH3 is 1. The quantitative estimate of drug-likeness (QED) is 0.664. The van der Waals surface area contributed by atoms with E-state index in [0.29, 0.717) is 17.7 Å². The Morgan fingerprint density at radius 3 is 2.32 bits per heavy atom. The van der Waals surface area contributed by atoms with Gasteiger partial charge in [0.15, 0.2) is 0 Å². The highest BCUT2D eigenvalue weighted by Gasteiger charge is 2.08. The molecule has 142 valence electrons. The second-order valence-electron chi connectivity index (χ2n) is 6.26. The minimum absolute atomic E-state index is 0.184. The first-order valence-corrected chi connectivity index (χ1v) is 8.83. The SMILES string of the molecule is COc1ccc(CCNC(=O)c2cncc(-c3ccc(C(N)=O)cc3)c2)cc1. The van der Waals surface area contributed by atoms with Crippen molar-refractivity contribution in [3.63, 3.8) is 0 Å². The van der Waals surface area contributed by atoms with Crippen LogP contribution < -0.4 is 15.8 Å². The molecule has 6 nitrogen and oxygen atoms in total. The van der Waals surface area contributed by atoms with E-state index in [2.05, 4.69) is 10.3 Å². The fourth-order valence-corrected chi connectivity index (χ4v) is 2.76. The normalized spacial score (nSPS) is 10.3. The van der Waals surface area contributed by atoms with Crippen molar-refractivity contribution in [2.45, 2.75) is 6.42 Å². The lowest BCUT2D eigenvalue weighted by Crippen LogP contribution is -2.25. The van der Waals surface area contributed by atoms with Crippen molar-refractivity contribution < 1.29 is 14.3 Å². The van der Waals surface area contributed by atoms with Crippen molar-refractivity contribution in [1.29, 1.82) is 0 Å². The predicted octanol–water partition coefficient (Wildman–Crippen LogP) is 2.83. The zero-order valence-electron chi connectivity index (χ0n) is 15.5. The van der Waals surface area contributed by atoms with Crippen molar-refractivity contribution >= 4 is 11.8 Å². The van der Waals surface area contributed by atoms with E-state index in [1.165, 1.54) is 6.20 Å². The average molecular weight is 375 g/mol. The first-order chi connectivity index (χ1) is 13.6. The van der Waals surface area contributed by atoms with Crippen molar-refractivity contribution in [2.24, 2.45) is 5.73 Å². The van der Waals surface area contributed by atoms with E-state index in [1.807, 2.05) is 24.3 Å². The summed E-state index contributed by atoms with van der Waals surface area (Å²) in [6.45, 7) is 0.517. The minimum atomic E-state index is -0.477. The Morgan fingerprint density at radius 2 is 1.68 bits per heavy atom. The van der Waals surface area contributed by atoms with E-state index < -0.39 is 5.91 Å². The van der Waals surface area contributed by atoms with Gasteiger partial charge in [0, 0.05) is 30.1 Å². The Morgan fingerprint density at radius 1 is 0.964 bits per heavy atom. The first kappa shape index (κ1) is 19.1. The Balaban J connectivity index is 1.62. The van der Waals surface area contributed by atoms with Crippen LogP contribution in [0.3, 0.4) is 0 Å². The number of pyridine rings is 1. The van der Waals surface area contributed by atoms with Crippen molar-refractivity contribution in [2.75, 3.05) is 13.7 Å². The molecule has 2 amide bonds. The van der Waals surface area contributed by atoms with Crippen LogP contribution in [0.4, 0.5) is 0 Å². The first-order valence-electron chi connectivity index (χ1n) is 8.83. The molecule has 3 aromatic rings. The van der Waals surface area contributed by atoms with Gasteiger partial charge in [0.25, 0.3) is 5.91 Å². The van der Waals surface area contributed by atoms with E-state index in [0.717, 1.165) is 28.9 Å². The molecule has 0 saturated heterocycles. The van der Waals surface area contributed by atoms with Crippen molar-refractivity contribution in [3.8, 4) is 16.9 Å². The lowest BCUT2D eigenvalue weighted by molar-refractivity contribution is 0.0952. The summed E-state index contributed by atoms with van der Waals surface area (Å²) in [6.07, 6.45) is 3.93. The predicted molar refractivity (Wildman–Crippen MR) is 107 cm³/mol. The summed E-state index contributed by atoms with van der Waals surface area (Å²) in [5.41, 5.74) is 8.93. The third-order valence-corrected chi connectivity index (χ3v) is 4.36. The van der Waals surface area contributed by atoms with Gasteiger partial charge in [-0.3, -0.25) is 14.6 Å². The number of rotatable bonds is 7. The molecule has 0 fully saturated rings. The molecule has 1 aromatic heterocycles. The topological polar surface area (TPSA) is 94.3 Å². The fraction of sp³-hybridized carbons (Fsp3) is 0.136. The van der Waals surface area contributed by atoms with Gasteiger partial charge in [-0.2, -0.15) is 0 Å². The van der Waals surface area contributed by atoms with Crippen LogP contribution in [0.15, 0.2) is 67.0 Å². The molecule has 0 aliphatic carbocycles. The number of nitrogens with one attached hydrogen (secondary N) is 1. The molecule has 1 heterocycles. The monoisotopic (exact) mass is 375 g/mol. The van der Waals surface area contributed by atoms with E-state index in [4.69, 9.17) is 10.5 Å². The van der Waals surface area contributed by atoms with Gasteiger partial charge in [-0.1, -0.05) is 24.3 Å². The molecule has 2 aromatic carbocycles. The van der Waals surface area contributed by atoms with Crippen LogP contribution in [-0.2, 0) is 6.42 Å². The number of hydrogen-bond acceptors (Lipinski definition) is 4. The highest BCUT2D eigenvalue weighted by Crippen LogP contribution is 2.20.